The number of hydrogen-bond donors (Lipinski definition) is 2. The molecular formula is C19H25N5O. The number of aliphatic hydroxyl groups excluding tert-OH is 1. The van der Waals surface area contributed by atoms with Crippen molar-refractivity contribution < 1.29 is 5.11 Å². The third kappa shape index (κ3) is 3.58. The van der Waals surface area contributed by atoms with E-state index in [4.69, 9.17) is 0 Å². The van der Waals surface area contributed by atoms with Crippen molar-refractivity contribution in [2.75, 3.05) is 30.9 Å². The van der Waals surface area contributed by atoms with Gasteiger partial charge in [0.25, 0.3) is 0 Å². The minimum atomic E-state index is -0.0333. The van der Waals surface area contributed by atoms with Gasteiger partial charge in [-0.05, 0) is 30.2 Å². The Morgan fingerprint density at radius 1 is 1.20 bits per heavy atom. The fourth-order valence-corrected chi connectivity index (χ4v) is 2.70. The summed E-state index contributed by atoms with van der Waals surface area (Å²) in [5, 5.41) is 17.5. The molecule has 0 bridgehead atoms. The van der Waals surface area contributed by atoms with Crippen molar-refractivity contribution in [1.82, 2.24) is 14.6 Å². The minimum Gasteiger partial charge on any atom is -0.394 e. The number of hydrogen-bond acceptors (Lipinski definition) is 5. The zero-order chi connectivity index (χ0) is 18.0. The number of benzene rings is 1. The van der Waals surface area contributed by atoms with Crippen LogP contribution in [0, 0.1) is 5.92 Å². The molecule has 0 saturated carbocycles. The third-order valence-corrected chi connectivity index (χ3v) is 4.36. The summed E-state index contributed by atoms with van der Waals surface area (Å²) in [4.78, 5) is 6.53. The number of anilines is 2. The normalized spacial score (nSPS) is 12.6. The summed E-state index contributed by atoms with van der Waals surface area (Å²) in [5.74, 6) is 1.03. The highest BCUT2D eigenvalue weighted by molar-refractivity contribution is 5.68. The molecule has 0 fully saturated rings. The zero-order valence-electron chi connectivity index (χ0n) is 15.1. The fraction of sp³-hybridized carbons (Fsp3) is 0.368. The molecule has 1 unspecified atom stereocenters. The van der Waals surface area contributed by atoms with Gasteiger partial charge in [-0.2, -0.15) is 0 Å². The Balaban J connectivity index is 2.00. The van der Waals surface area contributed by atoms with Crippen molar-refractivity contribution in [2.24, 2.45) is 5.92 Å². The van der Waals surface area contributed by atoms with Crippen LogP contribution in [0.15, 0.2) is 42.6 Å². The number of nitrogens with zero attached hydrogens (tertiary/aromatic N) is 4. The van der Waals surface area contributed by atoms with Gasteiger partial charge in [-0.1, -0.05) is 26.0 Å². The number of rotatable bonds is 6. The second-order valence-corrected chi connectivity index (χ2v) is 6.75. The van der Waals surface area contributed by atoms with Gasteiger partial charge in [0.15, 0.2) is 5.65 Å². The lowest BCUT2D eigenvalue weighted by Gasteiger charge is -2.20. The molecule has 132 valence electrons. The Hall–Kier alpha value is -2.60. The first-order chi connectivity index (χ1) is 12.0. The van der Waals surface area contributed by atoms with E-state index in [-0.39, 0.29) is 12.6 Å². The van der Waals surface area contributed by atoms with Crippen molar-refractivity contribution in [3.8, 4) is 11.3 Å². The molecule has 0 amide bonds. The lowest BCUT2D eigenvalue weighted by molar-refractivity contribution is 0.249. The highest BCUT2D eigenvalue weighted by Gasteiger charge is 2.14. The predicted molar refractivity (Wildman–Crippen MR) is 102 cm³/mol. The molecule has 0 aliphatic heterocycles. The average Bonchev–Trinajstić information content (AvgIpc) is 3.02. The number of imidazole rings is 1. The highest BCUT2D eigenvalue weighted by atomic mass is 16.3. The molecule has 2 heterocycles. The van der Waals surface area contributed by atoms with Crippen LogP contribution in [0.5, 0.6) is 0 Å². The summed E-state index contributed by atoms with van der Waals surface area (Å²) < 4.78 is 1.84. The van der Waals surface area contributed by atoms with Crippen LogP contribution in [-0.4, -0.2) is 46.4 Å². The summed E-state index contributed by atoms with van der Waals surface area (Å²) in [5.41, 5.74) is 3.92. The molecule has 6 nitrogen and oxygen atoms in total. The van der Waals surface area contributed by atoms with Crippen molar-refractivity contribution in [1.29, 1.82) is 0 Å². The van der Waals surface area contributed by atoms with Crippen LogP contribution in [0.25, 0.3) is 16.9 Å². The molecule has 0 radical (unpaired) electrons. The summed E-state index contributed by atoms with van der Waals surface area (Å²) >= 11 is 0. The van der Waals surface area contributed by atoms with Gasteiger partial charge in [0, 0.05) is 25.3 Å². The molecule has 6 heteroatoms. The van der Waals surface area contributed by atoms with E-state index in [1.807, 2.05) is 43.0 Å². The van der Waals surface area contributed by atoms with E-state index in [9.17, 15) is 5.11 Å². The molecule has 0 saturated heterocycles. The maximum atomic E-state index is 9.53. The second-order valence-electron chi connectivity index (χ2n) is 6.75. The molecule has 1 aromatic carbocycles. The molecule has 0 spiro atoms. The van der Waals surface area contributed by atoms with Crippen LogP contribution < -0.4 is 10.2 Å². The quantitative estimate of drug-likeness (QED) is 0.723. The second kappa shape index (κ2) is 7.11. The van der Waals surface area contributed by atoms with Gasteiger partial charge in [0.05, 0.1) is 24.5 Å². The van der Waals surface area contributed by atoms with Crippen LogP contribution in [-0.2, 0) is 0 Å². The monoisotopic (exact) mass is 339 g/mol. The van der Waals surface area contributed by atoms with E-state index >= 15 is 0 Å². The molecule has 2 aromatic heterocycles. The van der Waals surface area contributed by atoms with Crippen LogP contribution in [0.3, 0.4) is 0 Å². The third-order valence-electron chi connectivity index (χ3n) is 4.36. The fourth-order valence-electron chi connectivity index (χ4n) is 2.70. The SMILES string of the molecule is CC(C)C(CO)Nc1ccc2ncc(-c3cccc(N(C)C)c3)n2n1. The molecule has 3 rings (SSSR count). The molecular weight excluding hydrogens is 314 g/mol. The average molecular weight is 339 g/mol. The van der Waals surface area contributed by atoms with Gasteiger partial charge in [0.2, 0.25) is 0 Å². The van der Waals surface area contributed by atoms with E-state index in [0.717, 1.165) is 28.4 Å². The first kappa shape index (κ1) is 17.2. The molecule has 2 N–H and O–H groups in total. The van der Waals surface area contributed by atoms with Crippen molar-refractivity contribution in [3.63, 3.8) is 0 Å². The number of fused-ring (bicyclic) bond motifs is 1. The Labute approximate surface area is 148 Å². The number of nitrogens with one attached hydrogen (secondary N) is 1. The molecule has 0 aliphatic carbocycles. The van der Waals surface area contributed by atoms with Crippen molar-refractivity contribution >= 4 is 17.2 Å². The Bertz CT molecular complexity index is 856. The largest absolute Gasteiger partial charge is 0.394 e. The Morgan fingerprint density at radius 3 is 2.68 bits per heavy atom. The minimum absolute atomic E-state index is 0.0333. The van der Waals surface area contributed by atoms with Gasteiger partial charge in [-0.25, -0.2) is 9.50 Å². The lowest BCUT2D eigenvalue weighted by Crippen LogP contribution is -2.30. The smallest absolute Gasteiger partial charge is 0.154 e. The van der Waals surface area contributed by atoms with Crippen LogP contribution in [0.2, 0.25) is 0 Å². The molecule has 25 heavy (non-hydrogen) atoms. The van der Waals surface area contributed by atoms with Gasteiger partial charge < -0.3 is 15.3 Å². The Kier molecular flexibility index (Phi) is 4.90. The van der Waals surface area contributed by atoms with E-state index < -0.39 is 0 Å². The van der Waals surface area contributed by atoms with E-state index in [1.54, 1.807) is 0 Å². The van der Waals surface area contributed by atoms with Gasteiger partial charge in [-0.15, -0.1) is 5.10 Å². The summed E-state index contributed by atoms with van der Waals surface area (Å²) in [6, 6.07) is 12.1. The van der Waals surface area contributed by atoms with E-state index in [0.29, 0.717) is 5.92 Å². The highest BCUT2D eigenvalue weighted by Crippen LogP contribution is 2.25. The molecule has 1 atom stereocenters. The topological polar surface area (TPSA) is 65.7 Å². The maximum absolute atomic E-state index is 9.53. The van der Waals surface area contributed by atoms with Crippen LogP contribution >= 0.6 is 0 Å². The van der Waals surface area contributed by atoms with Gasteiger partial charge in [0.1, 0.15) is 5.82 Å². The van der Waals surface area contributed by atoms with E-state index in [2.05, 4.69) is 52.3 Å². The maximum Gasteiger partial charge on any atom is 0.154 e. The molecule has 3 aromatic rings. The molecule has 0 aliphatic rings. The van der Waals surface area contributed by atoms with Gasteiger partial charge >= 0.3 is 0 Å². The number of aliphatic hydroxyl groups is 1. The van der Waals surface area contributed by atoms with Gasteiger partial charge in [-0.3, -0.25) is 0 Å². The predicted octanol–water partition coefficient (Wildman–Crippen LogP) is 2.89. The summed E-state index contributed by atoms with van der Waals surface area (Å²) in [6.07, 6.45) is 1.84. The van der Waals surface area contributed by atoms with E-state index in [1.165, 1.54) is 0 Å². The first-order valence-electron chi connectivity index (χ1n) is 8.49. The summed E-state index contributed by atoms with van der Waals surface area (Å²) in [6.45, 7) is 4.21. The van der Waals surface area contributed by atoms with Crippen molar-refractivity contribution in [2.45, 2.75) is 19.9 Å². The van der Waals surface area contributed by atoms with Crippen LogP contribution in [0.4, 0.5) is 11.5 Å². The summed E-state index contributed by atoms with van der Waals surface area (Å²) in [7, 11) is 4.05. The number of aromatic nitrogens is 3. The zero-order valence-corrected chi connectivity index (χ0v) is 15.1. The van der Waals surface area contributed by atoms with Crippen molar-refractivity contribution in [3.05, 3.63) is 42.6 Å². The lowest BCUT2D eigenvalue weighted by atomic mass is 10.1. The van der Waals surface area contributed by atoms with Crippen LogP contribution in [0.1, 0.15) is 13.8 Å². The standard InChI is InChI=1S/C19H25N5O/c1-13(2)16(12-25)21-18-8-9-19-20-11-17(24(19)22-18)14-6-5-7-15(10-14)23(3)4/h5-11,13,16,25H,12H2,1-4H3,(H,21,22). The first-order valence-corrected chi connectivity index (χ1v) is 8.49. The Morgan fingerprint density at radius 2 is 2.00 bits per heavy atom.